The van der Waals surface area contributed by atoms with Gasteiger partial charge in [0.1, 0.15) is 0 Å². The SMILES string of the molecule is CS(=O)(=O)NS(=O)(=O)C(F)(F)C(F)(F)C(F)(F)CF. The second-order valence-corrected chi connectivity index (χ2v) is 7.02. The van der Waals surface area contributed by atoms with Crippen molar-refractivity contribution in [3.63, 3.8) is 0 Å². The van der Waals surface area contributed by atoms with E-state index in [1.807, 2.05) is 0 Å². The highest BCUT2D eigenvalue weighted by atomic mass is 32.3. The lowest BCUT2D eigenvalue weighted by Gasteiger charge is -2.30. The van der Waals surface area contributed by atoms with Gasteiger partial charge < -0.3 is 0 Å². The molecule has 0 aromatic heterocycles. The van der Waals surface area contributed by atoms with Crippen molar-refractivity contribution in [2.24, 2.45) is 0 Å². The summed E-state index contributed by atoms with van der Waals surface area (Å²) in [6, 6.07) is 0. The van der Waals surface area contributed by atoms with Gasteiger partial charge in [-0.25, -0.2) is 21.2 Å². The molecule has 1 N–H and O–H groups in total. The van der Waals surface area contributed by atoms with Gasteiger partial charge in [-0.1, -0.05) is 0 Å². The summed E-state index contributed by atoms with van der Waals surface area (Å²) in [6.45, 7) is -3.27. The van der Waals surface area contributed by atoms with Crippen molar-refractivity contribution >= 4 is 20.0 Å². The minimum Gasteiger partial charge on any atom is -0.244 e. The van der Waals surface area contributed by atoms with E-state index in [-0.39, 0.29) is 10.4 Å². The highest BCUT2D eigenvalue weighted by Gasteiger charge is 2.77. The second kappa shape index (κ2) is 4.73. The first-order valence-corrected chi connectivity index (χ1v) is 7.32. The largest absolute Gasteiger partial charge is 0.427 e. The van der Waals surface area contributed by atoms with Gasteiger partial charge in [-0.2, -0.15) is 26.3 Å². The Balaban J connectivity index is 5.88. The number of sulfonamides is 2. The quantitative estimate of drug-likeness (QED) is 0.721. The van der Waals surface area contributed by atoms with Gasteiger partial charge in [-0.3, -0.25) is 0 Å². The highest BCUT2D eigenvalue weighted by molar-refractivity contribution is 8.04. The van der Waals surface area contributed by atoms with Crippen LogP contribution in [0.1, 0.15) is 0 Å². The monoisotopic (exact) mass is 341 g/mol. The predicted molar refractivity (Wildman–Crippen MR) is 47.7 cm³/mol. The normalized spacial score (nSPS) is 15.6. The van der Waals surface area contributed by atoms with Crippen molar-refractivity contribution in [1.29, 1.82) is 0 Å². The van der Waals surface area contributed by atoms with Crippen LogP contribution in [0.15, 0.2) is 0 Å². The molecule has 0 fully saturated rings. The lowest BCUT2D eigenvalue weighted by molar-refractivity contribution is -0.282. The van der Waals surface area contributed by atoms with Crippen LogP contribution in [0.3, 0.4) is 0 Å². The molecule has 0 radical (unpaired) electrons. The molecule has 0 atom stereocenters. The van der Waals surface area contributed by atoms with Gasteiger partial charge in [-0.15, -0.1) is 4.13 Å². The summed E-state index contributed by atoms with van der Waals surface area (Å²) >= 11 is 0. The fourth-order valence-corrected chi connectivity index (χ4v) is 3.22. The van der Waals surface area contributed by atoms with E-state index in [4.69, 9.17) is 0 Å². The Morgan fingerprint density at radius 1 is 0.947 bits per heavy atom. The van der Waals surface area contributed by atoms with Crippen LogP contribution >= 0.6 is 0 Å². The molecule has 0 saturated heterocycles. The van der Waals surface area contributed by atoms with Crippen LogP contribution in [0.25, 0.3) is 0 Å². The molecule has 5 nitrogen and oxygen atoms in total. The molecular weight excluding hydrogens is 335 g/mol. The average Bonchev–Trinajstić information content (AvgIpc) is 2.12. The molecule has 0 unspecified atom stereocenters. The van der Waals surface area contributed by atoms with E-state index in [0.717, 1.165) is 0 Å². The van der Waals surface area contributed by atoms with E-state index in [1.54, 1.807) is 0 Å². The third kappa shape index (κ3) is 3.28. The van der Waals surface area contributed by atoms with Crippen LogP contribution < -0.4 is 4.13 Å². The molecule has 0 aliphatic heterocycles. The van der Waals surface area contributed by atoms with Gasteiger partial charge in [0, 0.05) is 0 Å². The van der Waals surface area contributed by atoms with E-state index < -0.39 is 43.8 Å². The fraction of sp³-hybridized carbons (Fsp3) is 1.00. The lowest BCUT2D eigenvalue weighted by Crippen LogP contribution is -2.61. The third-order valence-corrected chi connectivity index (χ3v) is 4.61. The van der Waals surface area contributed by atoms with E-state index in [2.05, 4.69) is 0 Å². The average molecular weight is 341 g/mol. The van der Waals surface area contributed by atoms with Crippen LogP contribution in [-0.2, 0) is 20.0 Å². The zero-order valence-electron chi connectivity index (χ0n) is 8.80. The van der Waals surface area contributed by atoms with Gasteiger partial charge in [0.2, 0.25) is 10.0 Å². The molecule has 0 amide bonds. The minimum atomic E-state index is -6.74. The van der Waals surface area contributed by atoms with E-state index in [9.17, 15) is 47.6 Å². The van der Waals surface area contributed by atoms with E-state index in [0.29, 0.717) is 0 Å². The Morgan fingerprint density at radius 3 is 1.58 bits per heavy atom. The van der Waals surface area contributed by atoms with Crippen molar-refractivity contribution in [2.75, 3.05) is 12.9 Å². The zero-order valence-corrected chi connectivity index (χ0v) is 10.4. The number of nitrogens with one attached hydrogen (secondary N) is 1. The molecule has 0 aliphatic carbocycles. The molecule has 0 saturated carbocycles. The van der Waals surface area contributed by atoms with Crippen molar-refractivity contribution in [2.45, 2.75) is 17.1 Å². The zero-order chi connectivity index (χ0) is 15.9. The Bertz CT molecular complexity index is 540. The number of hydrogen-bond acceptors (Lipinski definition) is 4. The van der Waals surface area contributed by atoms with Crippen LogP contribution in [0.4, 0.5) is 30.7 Å². The van der Waals surface area contributed by atoms with Crippen LogP contribution in [0.2, 0.25) is 0 Å². The van der Waals surface area contributed by atoms with Crippen LogP contribution in [-0.4, -0.2) is 46.9 Å². The first kappa shape index (κ1) is 18.4. The highest BCUT2D eigenvalue weighted by Crippen LogP contribution is 2.48. The summed E-state index contributed by atoms with van der Waals surface area (Å²) in [6.07, 6.45) is 0.00602. The van der Waals surface area contributed by atoms with Gasteiger partial charge >= 0.3 is 17.1 Å². The predicted octanol–water partition coefficient (Wildman–Crippen LogP) is 0.698. The number of rotatable bonds is 6. The molecule has 0 heterocycles. The van der Waals surface area contributed by atoms with Crippen LogP contribution in [0.5, 0.6) is 0 Å². The maximum Gasteiger partial charge on any atom is 0.427 e. The summed E-state index contributed by atoms with van der Waals surface area (Å²) in [5.41, 5.74) is 0. The van der Waals surface area contributed by atoms with Crippen LogP contribution in [0, 0.1) is 0 Å². The standard InChI is InChI=1S/C5H6F7NO4S2/c1-18(14,15)13-19(16,17)5(11,12)4(9,10)3(7,8)2-6/h13H,2H2,1H3. The van der Waals surface area contributed by atoms with E-state index >= 15 is 0 Å². The number of halogens is 7. The smallest absolute Gasteiger partial charge is 0.244 e. The van der Waals surface area contributed by atoms with Crippen molar-refractivity contribution in [1.82, 2.24) is 4.13 Å². The summed E-state index contributed by atoms with van der Waals surface area (Å²) in [5.74, 6) is -12.7. The van der Waals surface area contributed by atoms with Gasteiger partial charge in [0.05, 0.1) is 6.26 Å². The minimum absolute atomic E-state index is 0.00602. The molecule has 0 spiro atoms. The Hall–Kier alpha value is -0.630. The lowest BCUT2D eigenvalue weighted by atomic mass is 10.2. The number of hydrogen-bond donors (Lipinski definition) is 1. The van der Waals surface area contributed by atoms with Gasteiger partial charge in [0.15, 0.2) is 6.67 Å². The molecule has 0 aromatic carbocycles. The first-order chi connectivity index (χ1) is 8.02. The van der Waals surface area contributed by atoms with Crippen molar-refractivity contribution in [3.8, 4) is 0 Å². The Kier molecular flexibility index (Phi) is 4.57. The molecular formula is C5H6F7NO4S2. The van der Waals surface area contributed by atoms with Gasteiger partial charge in [0.25, 0.3) is 10.0 Å². The topological polar surface area (TPSA) is 80.3 Å². The summed E-state index contributed by atoms with van der Waals surface area (Å²) in [4.78, 5) is 0. The summed E-state index contributed by atoms with van der Waals surface area (Å²) in [7, 11) is -11.7. The van der Waals surface area contributed by atoms with Crippen molar-refractivity contribution < 1.29 is 47.6 Å². The molecule has 0 aromatic rings. The molecule has 116 valence electrons. The van der Waals surface area contributed by atoms with Crippen molar-refractivity contribution in [3.05, 3.63) is 0 Å². The molecule has 0 bridgehead atoms. The maximum atomic E-state index is 12.9. The van der Waals surface area contributed by atoms with Gasteiger partial charge in [-0.05, 0) is 0 Å². The fourth-order valence-electron chi connectivity index (χ4n) is 0.717. The Morgan fingerprint density at radius 2 is 1.32 bits per heavy atom. The first-order valence-electron chi connectivity index (χ1n) is 3.94. The molecule has 0 aliphatic rings. The summed E-state index contributed by atoms with van der Waals surface area (Å²) < 4.78 is 130. The third-order valence-electron chi connectivity index (χ3n) is 1.59. The molecule has 0 rings (SSSR count). The Labute approximate surface area is 102 Å². The number of alkyl halides is 7. The second-order valence-electron chi connectivity index (χ2n) is 3.29. The molecule has 14 heteroatoms. The maximum absolute atomic E-state index is 12.9. The summed E-state index contributed by atoms with van der Waals surface area (Å²) in [5, 5.41) is -6.56. The van der Waals surface area contributed by atoms with E-state index in [1.165, 1.54) is 0 Å². The molecule has 19 heavy (non-hydrogen) atoms.